The summed E-state index contributed by atoms with van der Waals surface area (Å²) in [7, 11) is 0. The Morgan fingerprint density at radius 3 is 2.58 bits per heavy atom. The highest BCUT2D eigenvalue weighted by atomic mass is 16.4. The first-order valence-corrected chi connectivity index (χ1v) is 8.71. The van der Waals surface area contributed by atoms with Gasteiger partial charge in [-0.1, -0.05) is 39.8 Å². The smallest absolute Gasteiger partial charge is 0.337 e. The van der Waals surface area contributed by atoms with Gasteiger partial charge in [0.15, 0.2) is 5.78 Å². The number of hydrogen-bond donors (Lipinski definition) is 1. The van der Waals surface area contributed by atoms with E-state index >= 15 is 0 Å². The van der Waals surface area contributed by atoms with Crippen LogP contribution >= 0.6 is 0 Å². The average Bonchev–Trinajstić information content (AvgIpc) is 2.97. The maximum Gasteiger partial charge on any atom is 0.337 e. The van der Waals surface area contributed by atoms with Gasteiger partial charge in [0.25, 0.3) is 0 Å². The van der Waals surface area contributed by atoms with Crippen molar-refractivity contribution >= 4 is 11.8 Å². The molecule has 1 atom stereocenters. The Labute approximate surface area is 143 Å². The van der Waals surface area contributed by atoms with Crippen molar-refractivity contribution in [2.24, 2.45) is 5.41 Å². The number of carbonyl (C=O) groups excluding carboxylic acids is 1. The summed E-state index contributed by atoms with van der Waals surface area (Å²) in [4.78, 5) is 29.6. The number of Topliss-reactive ketones (excluding diaryl/α,β-unsaturated/α-hetero) is 1. The predicted molar refractivity (Wildman–Crippen MR) is 92.8 cm³/mol. The van der Waals surface area contributed by atoms with Crippen LogP contribution in [0.5, 0.6) is 0 Å². The molecule has 128 valence electrons. The average molecular weight is 327 g/mol. The van der Waals surface area contributed by atoms with Gasteiger partial charge >= 0.3 is 5.97 Å². The number of carboxylic acids is 1. The number of ketones is 1. The summed E-state index contributed by atoms with van der Waals surface area (Å²) in [5, 5.41) is 9.87. The van der Waals surface area contributed by atoms with Crippen molar-refractivity contribution in [1.29, 1.82) is 0 Å². The number of nitrogens with zero attached hydrogens (tertiary/aromatic N) is 1. The number of rotatable bonds is 3. The number of carbonyl (C=O) groups is 2. The van der Waals surface area contributed by atoms with Crippen LogP contribution in [0.15, 0.2) is 12.2 Å². The Hall–Kier alpha value is -1.97. The molecule has 0 amide bonds. The summed E-state index contributed by atoms with van der Waals surface area (Å²) in [6, 6.07) is 0. The van der Waals surface area contributed by atoms with Crippen LogP contribution < -0.4 is 0 Å². The summed E-state index contributed by atoms with van der Waals surface area (Å²) in [6.07, 6.45) is 7.10. The van der Waals surface area contributed by atoms with E-state index in [4.69, 9.17) is 0 Å². The first kappa shape index (κ1) is 16.9. The Kier molecular flexibility index (Phi) is 4.10. The Bertz CT molecular complexity index is 744. The minimum Gasteiger partial charge on any atom is -0.478 e. The molecule has 0 saturated carbocycles. The maximum atomic E-state index is 12.9. The van der Waals surface area contributed by atoms with Crippen LogP contribution in [0.25, 0.3) is 0 Å². The molecule has 3 rings (SSSR count). The highest BCUT2D eigenvalue weighted by molar-refractivity contribution is 6.04. The molecule has 0 radical (unpaired) electrons. The number of hydrogen-bond acceptors (Lipinski definition) is 3. The van der Waals surface area contributed by atoms with Crippen LogP contribution in [-0.2, 0) is 6.42 Å². The fourth-order valence-electron chi connectivity index (χ4n) is 4.04. The van der Waals surface area contributed by atoms with E-state index < -0.39 is 5.97 Å². The largest absolute Gasteiger partial charge is 0.478 e. The van der Waals surface area contributed by atoms with Crippen molar-refractivity contribution in [3.63, 3.8) is 0 Å². The van der Waals surface area contributed by atoms with Gasteiger partial charge in [0, 0.05) is 17.9 Å². The lowest BCUT2D eigenvalue weighted by molar-refractivity contribution is 0.0693. The molecular formula is C20H25NO3. The first-order chi connectivity index (χ1) is 11.2. The topological polar surface area (TPSA) is 67.3 Å². The van der Waals surface area contributed by atoms with Crippen LogP contribution in [-0.4, -0.2) is 21.8 Å². The highest BCUT2D eigenvalue weighted by Crippen LogP contribution is 2.42. The molecule has 2 aliphatic rings. The van der Waals surface area contributed by atoms with Gasteiger partial charge in [0.05, 0.1) is 17.0 Å². The van der Waals surface area contributed by atoms with E-state index in [0.29, 0.717) is 23.2 Å². The van der Waals surface area contributed by atoms with Gasteiger partial charge in [0.2, 0.25) is 0 Å². The van der Waals surface area contributed by atoms with Crippen LogP contribution in [0, 0.1) is 5.41 Å². The van der Waals surface area contributed by atoms with Crippen LogP contribution in [0.3, 0.4) is 0 Å². The van der Waals surface area contributed by atoms with Gasteiger partial charge in [-0.3, -0.25) is 9.78 Å². The van der Waals surface area contributed by atoms with Crippen LogP contribution in [0.1, 0.15) is 96.5 Å². The molecule has 0 aromatic carbocycles. The van der Waals surface area contributed by atoms with Crippen molar-refractivity contribution in [3.8, 4) is 0 Å². The van der Waals surface area contributed by atoms with E-state index in [0.717, 1.165) is 25.0 Å². The van der Waals surface area contributed by atoms with E-state index in [1.807, 2.05) is 13.8 Å². The van der Waals surface area contributed by atoms with Gasteiger partial charge in [-0.05, 0) is 36.2 Å². The van der Waals surface area contributed by atoms with Gasteiger partial charge in [0.1, 0.15) is 0 Å². The Morgan fingerprint density at radius 1 is 1.33 bits per heavy atom. The lowest BCUT2D eigenvalue weighted by atomic mass is 9.72. The second-order valence-corrected chi connectivity index (χ2v) is 8.12. The lowest BCUT2D eigenvalue weighted by Gasteiger charge is -2.33. The van der Waals surface area contributed by atoms with E-state index in [2.05, 4.69) is 31.0 Å². The number of carboxylic acid groups (broad SMARTS) is 1. The molecule has 4 heteroatoms. The third-order valence-corrected chi connectivity index (χ3v) is 5.05. The van der Waals surface area contributed by atoms with E-state index in [-0.39, 0.29) is 28.6 Å². The van der Waals surface area contributed by atoms with E-state index in [9.17, 15) is 14.7 Å². The molecule has 4 nitrogen and oxygen atoms in total. The van der Waals surface area contributed by atoms with Crippen LogP contribution in [0.4, 0.5) is 0 Å². The third-order valence-electron chi connectivity index (χ3n) is 5.05. The molecule has 1 unspecified atom stereocenters. The fourth-order valence-corrected chi connectivity index (χ4v) is 4.04. The summed E-state index contributed by atoms with van der Waals surface area (Å²) >= 11 is 0. The number of allylic oxidation sites excluding steroid dienone is 2. The maximum absolute atomic E-state index is 12.9. The third kappa shape index (κ3) is 2.79. The number of aromatic carboxylic acids is 1. The number of aromatic nitrogens is 1. The molecule has 0 spiro atoms. The predicted octanol–water partition coefficient (Wildman–Crippen LogP) is 4.49. The summed E-state index contributed by atoms with van der Waals surface area (Å²) in [6.45, 7) is 8.08. The molecule has 1 aromatic rings. The van der Waals surface area contributed by atoms with Crippen LogP contribution in [0.2, 0.25) is 0 Å². The minimum absolute atomic E-state index is 0.00525. The van der Waals surface area contributed by atoms with Gasteiger partial charge in [-0.15, -0.1) is 0 Å². The van der Waals surface area contributed by atoms with E-state index in [1.54, 1.807) is 0 Å². The highest BCUT2D eigenvalue weighted by Gasteiger charge is 2.38. The Balaban J connectivity index is 2.34. The number of pyridine rings is 1. The lowest BCUT2D eigenvalue weighted by Crippen LogP contribution is -2.31. The summed E-state index contributed by atoms with van der Waals surface area (Å²) < 4.78 is 0. The molecule has 0 bridgehead atoms. The zero-order valence-corrected chi connectivity index (χ0v) is 14.8. The zero-order chi connectivity index (χ0) is 17.6. The zero-order valence-electron chi connectivity index (χ0n) is 14.8. The SMILES string of the molecule is CC(C)c1nc2c(c(C3C=CCC3)c1C(=O)O)C(=O)CC(C)(C)C2. The number of fused-ring (bicyclic) bond motifs is 1. The second-order valence-electron chi connectivity index (χ2n) is 8.12. The second kappa shape index (κ2) is 5.83. The molecule has 0 saturated heterocycles. The standard InChI is InChI=1S/C20H25NO3/c1-11(2)18-17(19(23)24)15(12-7-5-6-8-12)16-13(21-18)9-20(3,4)10-14(16)22/h5,7,11-12H,6,8-10H2,1-4H3,(H,23,24). The Morgan fingerprint density at radius 2 is 2.04 bits per heavy atom. The van der Waals surface area contributed by atoms with Crippen molar-refractivity contribution in [2.45, 2.75) is 65.2 Å². The molecule has 1 aromatic heterocycles. The molecule has 0 aliphatic heterocycles. The van der Waals surface area contributed by atoms with Gasteiger partial charge < -0.3 is 5.11 Å². The molecule has 24 heavy (non-hydrogen) atoms. The summed E-state index contributed by atoms with van der Waals surface area (Å²) in [5.41, 5.74) is 2.84. The fraction of sp³-hybridized carbons (Fsp3) is 0.550. The molecule has 2 aliphatic carbocycles. The molecule has 1 heterocycles. The van der Waals surface area contributed by atoms with Crippen molar-refractivity contribution in [1.82, 2.24) is 4.98 Å². The quantitative estimate of drug-likeness (QED) is 0.830. The molecule has 1 N–H and O–H groups in total. The molecule has 0 fully saturated rings. The van der Waals surface area contributed by atoms with Gasteiger partial charge in [-0.2, -0.15) is 0 Å². The normalized spacial score (nSPS) is 22.0. The molecular weight excluding hydrogens is 302 g/mol. The van der Waals surface area contributed by atoms with E-state index in [1.165, 1.54) is 0 Å². The monoisotopic (exact) mass is 327 g/mol. The summed E-state index contributed by atoms with van der Waals surface area (Å²) in [5.74, 6) is -0.912. The van der Waals surface area contributed by atoms with Crippen molar-refractivity contribution < 1.29 is 14.7 Å². The first-order valence-electron chi connectivity index (χ1n) is 8.71. The van der Waals surface area contributed by atoms with Gasteiger partial charge in [-0.25, -0.2) is 4.79 Å². The van der Waals surface area contributed by atoms with Crippen molar-refractivity contribution in [3.05, 3.63) is 40.2 Å². The minimum atomic E-state index is -0.970. The van der Waals surface area contributed by atoms with Crippen molar-refractivity contribution in [2.75, 3.05) is 0 Å².